The average molecular weight is 596 g/mol. The van der Waals surface area contributed by atoms with Crippen molar-refractivity contribution in [3.63, 3.8) is 0 Å². The van der Waals surface area contributed by atoms with Gasteiger partial charge in [0.15, 0.2) is 17.5 Å². The highest BCUT2D eigenvalue weighted by atomic mass is 35.5. The molecule has 1 N–H and O–H groups in total. The Morgan fingerprint density at radius 3 is 2.19 bits per heavy atom. The van der Waals surface area contributed by atoms with Crippen LogP contribution in [-0.4, -0.2) is 28.8 Å². The summed E-state index contributed by atoms with van der Waals surface area (Å²) in [7, 11) is 0. The molecule has 37 heavy (non-hydrogen) atoms. The summed E-state index contributed by atoms with van der Waals surface area (Å²) in [5.74, 6) is -1.43. The first kappa shape index (κ1) is 27.4. The largest absolute Gasteiger partial charge is 0.479 e. The molecule has 1 aliphatic rings. The Morgan fingerprint density at radius 2 is 1.59 bits per heavy atom. The summed E-state index contributed by atoms with van der Waals surface area (Å²) in [5, 5.41) is 10.6. The normalized spacial score (nSPS) is 15.6. The summed E-state index contributed by atoms with van der Waals surface area (Å²) in [6, 6.07) is 13.8. The number of ether oxygens (including phenoxy) is 1. The van der Waals surface area contributed by atoms with Crippen molar-refractivity contribution in [2.24, 2.45) is 4.99 Å². The summed E-state index contributed by atoms with van der Waals surface area (Å²) in [6.07, 6.45) is 1.62. The first-order chi connectivity index (χ1) is 17.5. The van der Waals surface area contributed by atoms with Gasteiger partial charge in [0.2, 0.25) is 0 Å². The number of halogens is 4. The zero-order valence-electron chi connectivity index (χ0n) is 19.4. The molecule has 0 spiro atoms. The number of carboxylic acid groups (broad SMARTS) is 1. The highest BCUT2D eigenvalue weighted by molar-refractivity contribution is 8.19. The van der Waals surface area contributed by atoms with Gasteiger partial charge in [0.1, 0.15) is 0 Å². The molecule has 0 atom stereocenters. The Bertz CT molecular complexity index is 1470. The summed E-state index contributed by atoms with van der Waals surface area (Å²) in [4.78, 5) is 30.9. The molecule has 0 radical (unpaired) electrons. The lowest BCUT2D eigenvalue weighted by atomic mass is 10.2. The Morgan fingerprint density at radius 1 is 0.973 bits per heavy atom. The average Bonchev–Trinajstić information content (AvgIpc) is 3.11. The number of hydrogen-bond donors (Lipinski definition) is 1. The van der Waals surface area contributed by atoms with Crippen molar-refractivity contribution in [3.05, 3.63) is 90.2 Å². The zero-order valence-corrected chi connectivity index (χ0v) is 23.2. The maximum Gasteiger partial charge on any atom is 0.341 e. The van der Waals surface area contributed by atoms with Crippen LogP contribution in [-0.2, 0) is 9.59 Å². The quantitative estimate of drug-likeness (QED) is 0.291. The lowest BCUT2D eigenvalue weighted by molar-refractivity contribution is -0.139. The first-order valence-electron chi connectivity index (χ1n) is 10.7. The van der Waals surface area contributed by atoms with Crippen LogP contribution in [0.1, 0.15) is 16.7 Å². The Labute approximate surface area is 237 Å². The van der Waals surface area contributed by atoms with Gasteiger partial charge in [-0.05, 0) is 84.8 Å². The molecule has 190 valence electrons. The van der Waals surface area contributed by atoms with Crippen molar-refractivity contribution in [2.45, 2.75) is 13.8 Å². The number of amides is 1. The van der Waals surface area contributed by atoms with Gasteiger partial charge >= 0.3 is 5.97 Å². The number of amidine groups is 1. The maximum absolute atomic E-state index is 13.6. The molecule has 1 aliphatic heterocycles. The minimum atomic E-state index is -1.16. The molecule has 4 rings (SSSR count). The molecule has 11 heteroatoms. The zero-order chi connectivity index (χ0) is 26.9. The first-order valence-corrected chi connectivity index (χ1v) is 13.0. The predicted octanol–water partition coefficient (Wildman–Crippen LogP) is 8.19. The lowest BCUT2D eigenvalue weighted by Gasteiger charge is -2.16. The fourth-order valence-electron chi connectivity index (χ4n) is 3.35. The standard InChI is InChI=1S/C26H18Cl4N2O4S/c1-13-3-5-16(10-18(13)27)31-26-32(17-6-4-14(2)19(28)11-17)25(35)22(37-26)9-15-7-20(29)24(21(30)8-15)36-12-23(33)34/h3-11H,12H2,1-2H3,(H,33,34)/b22-9+,31-26?. The smallest absolute Gasteiger partial charge is 0.341 e. The van der Waals surface area contributed by atoms with Crippen LogP contribution in [0.5, 0.6) is 5.75 Å². The molecule has 1 amide bonds. The highest BCUT2D eigenvalue weighted by Gasteiger charge is 2.35. The van der Waals surface area contributed by atoms with Crippen LogP contribution in [0.3, 0.4) is 0 Å². The number of rotatable bonds is 6. The Balaban J connectivity index is 1.76. The fraction of sp³-hybridized carbons (Fsp3) is 0.115. The third-order valence-electron chi connectivity index (χ3n) is 5.26. The van der Waals surface area contributed by atoms with Gasteiger partial charge < -0.3 is 9.84 Å². The van der Waals surface area contributed by atoms with Gasteiger partial charge in [0, 0.05) is 10.0 Å². The van der Waals surface area contributed by atoms with Gasteiger partial charge in [-0.1, -0.05) is 58.5 Å². The topological polar surface area (TPSA) is 79.2 Å². The van der Waals surface area contributed by atoms with Crippen molar-refractivity contribution in [1.29, 1.82) is 0 Å². The summed E-state index contributed by atoms with van der Waals surface area (Å²) < 4.78 is 5.17. The third-order valence-corrected chi connectivity index (χ3v) is 7.60. The number of carbonyl (C=O) groups excluding carboxylic acids is 1. The van der Waals surface area contributed by atoms with E-state index in [0.717, 1.165) is 11.1 Å². The van der Waals surface area contributed by atoms with Crippen LogP contribution in [0.2, 0.25) is 20.1 Å². The van der Waals surface area contributed by atoms with Gasteiger partial charge in [-0.3, -0.25) is 9.69 Å². The molecule has 3 aromatic carbocycles. The Kier molecular flexibility index (Phi) is 8.41. The number of anilines is 1. The Hall–Kier alpha value is -2.68. The summed E-state index contributed by atoms with van der Waals surface area (Å²) in [6.45, 7) is 3.17. The summed E-state index contributed by atoms with van der Waals surface area (Å²) >= 11 is 26.4. The SMILES string of the molecule is Cc1ccc(N=C2S/C(=C/c3cc(Cl)c(OCC(=O)O)c(Cl)c3)C(=O)N2c2ccc(C)c(Cl)c2)cc1Cl. The number of aliphatic carboxylic acids is 1. The van der Waals surface area contributed by atoms with Crippen molar-refractivity contribution in [2.75, 3.05) is 11.5 Å². The van der Waals surface area contributed by atoms with Crippen molar-refractivity contribution < 1.29 is 19.4 Å². The number of carboxylic acids is 1. The van der Waals surface area contributed by atoms with E-state index >= 15 is 0 Å². The van der Waals surface area contributed by atoms with Crippen LogP contribution in [0, 0.1) is 13.8 Å². The second-order valence-corrected chi connectivity index (χ2v) is 10.6. The summed E-state index contributed by atoms with van der Waals surface area (Å²) in [5.41, 5.74) is 3.45. The van der Waals surface area contributed by atoms with E-state index in [1.54, 1.807) is 24.3 Å². The second-order valence-electron chi connectivity index (χ2n) is 8.01. The number of benzene rings is 3. The van der Waals surface area contributed by atoms with Crippen LogP contribution >= 0.6 is 58.2 Å². The molecule has 6 nitrogen and oxygen atoms in total. The van der Waals surface area contributed by atoms with E-state index in [9.17, 15) is 9.59 Å². The lowest BCUT2D eigenvalue weighted by Crippen LogP contribution is -2.28. The van der Waals surface area contributed by atoms with Crippen molar-refractivity contribution in [3.8, 4) is 5.75 Å². The number of thioether (sulfide) groups is 1. The van der Waals surface area contributed by atoms with E-state index in [1.165, 1.54) is 28.8 Å². The third kappa shape index (κ3) is 6.25. The van der Waals surface area contributed by atoms with Crippen LogP contribution in [0.15, 0.2) is 58.4 Å². The van der Waals surface area contributed by atoms with E-state index in [0.29, 0.717) is 37.1 Å². The number of carbonyl (C=O) groups is 2. The van der Waals surface area contributed by atoms with Crippen LogP contribution in [0.25, 0.3) is 6.08 Å². The highest BCUT2D eigenvalue weighted by Crippen LogP contribution is 2.40. The van der Waals surface area contributed by atoms with E-state index in [1.807, 2.05) is 32.0 Å². The molecule has 0 bridgehead atoms. The predicted molar refractivity (Wildman–Crippen MR) is 152 cm³/mol. The van der Waals surface area contributed by atoms with E-state index < -0.39 is 12.6 Å². The monoisotopic (exact) mass is 594 g/mol. The molecule has 3 aromatic rings. The number of hydrogen-bond acceptors (Lipinski definition) is 5. The van der Waals surface area contributed by atoms with Gasteiger partial charge in [0.05, 0.1) is 26.3 Å². The molecule has 1 fully saturated rings. The number of nitrogens with zero attached hydrogens (tertiary/aromatic N) is 2. The number of aryl methyl sites for hydroxylation is 2. The van der Waals surface area contributed by atoms with Crippen LogP contribution < -0.4 is 9.64 Å². The van der Waals surface area contributed by atoms with Crippen molar-refractivity contribution >= 4 is 92.7 Å². The minimum absolute atomic E-state index is 0.0488. The molecule has 0 aromatic heterocycles. The molecule has 1 heterocycles. The molecule has 0 saturated carbocycles. The molecular formula is C26H18Cl4N2O4S. The minimum Gasteiger partial charge on any atom is -0.479 e. The van der Waals surface area contributed by atoms with Gasteiger partial charge in [-0.15, -0.1) is 0 Å². The van der Waals surface area contributed by atoms with Crippen LogP contribution in [0.4, 0.5) is 11.4 Å². The molecule has 0 unspecified atom stereocenters. The fourth-order valence-corrected chi connectivity index (χ4v) is 5.31. The van der Waals surface area contributed by atoms with Gasteiger partial charge in [0.25, 0.3) is 5.91 Å². The van der Waals surface area contributed by atoms with Gasteiger partial charge in [-0.25, -0.2) is 9.79 Å². The molecule has 0 aliphatic carbocycles. The van der Waals surface area contributed by atoms with E-state index in [2.05, 4.69) is 0 Å². The number of aliphatic imine (C=N–C) groups is 1. The van der Waals surface area contributed by atoms with E-state index in [4.69, 9.17) is 61.2 Å². The van der Waals surface area contributed by atoms with Gasteiger partial charge in [-0.2, -0.15) is 0 Å². The van der Waals surface area contributed by atoms with Crippen molar-refractivity contribution in [1.82, 2.24) is 0 Å². The molecule has 1 saturated heterocycles. The molecular weight excluding hydrogens is 578 g/mol. The maximum atomic E-state index is 13.6. The second kappa shape index (κ2) is 11.4. The van der Waals surface area contributed by atoms with E-state index in [-0.39, 0.29) is 21.7 Å².